The van der Waals surface area contributed by atoms with Crippen molar-refractivity contribution in [3.8, 4) is 0 Å². The minimum absolute atomic E-state index is 0.00915. The van der Waals surface area contributed by atoms with E-state index in [1.165, 1.54) is 28.3 Å². The molecule has 0 saturated carbocycles. The van der Waals surface area contributed by atoms with Gasteiger partial charge >= 0.3 is 0 Å². The molecular weight excluding hydrogens is 1100 g/mol. The van der Waals surface area contributed by atoms with Crippen LogP contribution in [0.25, 0.3) is 22.1 Å². The summed E-state index contributed by atoms with van der Waals surface area (Å²) in [5, 5.41) is 17.1. The van der Waals surface area contributed by atoms with Gasteiger partial charge in [0, 0.05) is 124 Å². The van der Waals surface area contributed by atoms with Crippen LogP contribution in [0.1, 0.15) is 86.2 Å². The number of carbonyl (C=O) groups excluding carboxylic acids is 6. The van der Waals surface area contributed by atoms with Gasteiger partial charge in [-0.05, 0) is 89.9 Å². The number of anilines is 1. The van der Waals surface area contributed by atoms with Crippen molar-refractivity contribution in [3.63, 3.8) is 0 Å². The highest BCUT2D eigenvalue weighted by atomic mass is 35.5. The van der Waals surface area contributed by atoms with Crippen molar-refractivity contribution in [1.82, 2.24) is 55.5 Å². The fourth-order valence-corrected chi connectivity index (χ4v) is 10.8. The first-order valence-corrected chi connectivity index (χ1v) is 27.9. The molecule has 6 amide bonds. The molecule has 4 aliphatic rings. The van der Waals surface area contributed by atoms with Crippen molar-refractivity contribution in [2.45, 2.75) is 92.6 Å². The highest BCUT2D eigenvalue weighted by Crippen LogP contribution is 2.32. The molecule has 0 bridgehead atoms. The number of halogens is 3. The van der Waals surface area contributed by atoms with Gasteiger partial charge in [0.1, 0.15) is 35.5 Å². The molecule has 5 N–H and O–H groups in total. The summed E-state index contributed by atoms with van der Waals surface area (Å²) < 4.78 is 2.54. The first kappa shape index (κ1) is 59.7. The Morgan fingerprint density at radius 3 is 1.53 bits per heavy atom. The Hall–Kier alpha value is -7.39. The topological polar surface area (TPSA) is 242 Å². The van der Waals surface area contributed by atoms with Crippen LogP contribution < -0.4 is 42.6 Å². The molecule has 6 aromatic rings. The average Bonchev–Trinajstić information content (AvgIpc) is 4.11. The third kappa shape index (κ3) is 15.1. The maximum absolute atomic E-state index is 13.7. The average molecular weight is 1170 g/mol. The normalized spacial score (nSPS) is 17.6. The Morgan fingerprint density at radius 2 is 1.07 bits per heavy atom. The summed E-state index contributed by atoms with van der Waals surface area (Å²) in [4.78, 5) is 115. The molecule has 0 spiro atoms. The number of benzene rings is 2. The molecule has 0 radical (unpaired) electrons. The quantitative estimate of drug-likeness (QED) is 0.0957. The highest BCUT2D eigenvalue weighted by molar-refractivity contribution is 6.35. The third-order valence-corrected chi connectivity index (χ3v) is 15.1. The Labute approximate surface area is 483 Å². The number of hydrogen-bond acceptors (Lipinski definition) is 12. The second kappa shape index (κ2) is 25.6. The number of nitrogens with one attached hydrogen (secondary N) is 5. The Kier molecular flexibility index (Phi) is 18.9. The van der Waals surface area contributed by atoms with E-state index in [-0.39, 0.29) is 83.5 Å². The van der Waals surface area contributed by atoms with Gasteiger partial charge in [-0.25, -0.2) is 9.97 Å². The predicted molar refractivity (Wildman–Crippen MR) is 313 cm³/mol. The number of carbonyl (C=O) groups is 6. The lowest BCUT2D eigenvalue weighted by Crippen LogP contribution is -2.56. The summed E-state index contributed by atoms with van der Waals surface area (Å²) in [6.07, 6.45) is 4.91. The minimum Gasteiger partial charge on any atom is -0.369 e. The maximum atomic E-state index is 13.7. The first-order valence-electron chi connectivity index (χ1n) is 26.8. The van der Waals surface area contributed by atoms with Crippen molar-refractivity contribution < 1.29 is 28.8 Å². The fourth-order valence-electron chi connectivity index (χ4n) is 10.4. The molecule has 81 heavy (non-hydrogen) atoms. The van der Waals surface area contributed by atoms with Gasteiger partial charge in [0.05, 0.1) is 5.02 Å². The standard InChI is InChI=1S/C29H33ClN6O4.C23H22Cl2N4O3.C6H12N2O/c1-18(37)33-21-9-11-34(14-21)24-8-10-31-26-22(24)12-23(27(39)32-13-19-4-6-20(30)7-5-19)28(40)36(26)15-25(38)35-16-29(2,3)17-35;1-23(2)12-28(13-23)19(30)11-29-20-16(18(25)7-8-26-20)9-17(22(29)32)21(31)27-10-14-3-5-15(24)6-4-14;1-5(9)8-6-2-3-7-4-6/h4-8,10,12,21H,9,11,13-17H2,1-3H3,(H,32,39)(H,33,37);3-9H,10-13H2,1-2H3,(H,27,31);6-7H,2-4H2,1H3,(H,8,9). The zero-order valence-electron chi connectivity index (χ0n) is 46.2. The van der Waals surface area contributed by atoms with E-state index < -0.39 is 22.9 Å². The largest absolute Gasteiger partial charge is 0.369 e. The summed E-state index contributed by atoms with van der Waals surface area (Å²) in [7, 11) is 0. The van der Waals surface area contributed by atoms with Crippen LogP contribution in [-0.4, -0.2) is 129 Å². The fraction of sp³-hybridized carbons (Fsp3) is 0.414. The maximum Gasteiger partial charge on any atom is 0.265 e. The number of aromatic nitrogens is 4. The Bertz CT molecular complexity index is 3480. The zero-order valence-corrected chi connectivity index (χ0v) is 48.4. The van der Waals surface area contributed by atoms with Crippen LogP contribution >= 0.6 is 34.8 Å². The van der Waals surface area contributed by atoms with Gasteiger partial charge in [-0.3, -0.25) is 47.5 Å². The molecule has 8 heterocycles. The summed E-state index contributed by atoms with van der Waals surface area (Å²) in [5.74, 6) is -1.51. The van der Waals surface area contributed by atoms with E-state index in [0.717, 1.165) is 42.7 Å². The lowest BCUT2D eigenvalue weighted by molar-refractivity contribution is -0.142. The van der Waals surface area contributed by atoms with E-state index in [1.54, 1.807) is 83.6 Å². The molecule has 4 fully saturated rings. The monoisotopic (exact) mass is 1160 g/mol. The molecule has 10 rings (SSSR count). The zero-order chi connectivity index (χ0) is 58.3. The number of fused-ring (bicyclic) bond motifs is 2. The molecule has 23 heteroatoms. The molecular formula is C58H67Cl3N12O8. The number of amides is 6. The lowest BCUT2D eigenvalue weighted by atomic mass is 9.84. The van der Waals surface area contributed by atoms with Gasteiger partial charge in [0.15, 0.2) is 0 Å². The molecule has 4 saturated heterocycles. The summed E-state index contributed by atoms with van der Waals surface area (Å²) in [5.41, 5.74) is 1.84. The van der Waals surface area contributed by atoms with Crippen LogP contribution in [0, 0.1) is 10.8 Å². The van der Waals surface area contributed by atoms with Crippen molar-refractivity contribution in [3.05, 3.63) is 143 Å². The van der Waals surface area contributed by atoms with Gasteiger partial charge in [0.2, 0.25) is 23.6 Å². The molecule has 2 aromatic carbocycles. The summed E-state index contributed by atoms with van der Waals surface area (Å²) in [6.45, 7) is 17.1. The van der Waals surface area contributed by atoms with Crippen LogP contribution in [0.15, 0.2) is 94.8 Å². The van der Waals surface area contributed by atoms with E-state index in [4.69, 9.17) is 34.8 Å². The SMILES string of the molecule is CC(=O)NC1CCN(c2ccnc3c2cc(C(=O)NCc2ccc(Cl)cc2)c(=O)n3CC(=O)N2CC(C)(C)C2)C1.CC(=O)NC1CCNC1.CC1(C)CN(C(=O)Cn2c(=O)c(C(=O)NCc3ccc(Cl)cc3)cc3c(Cl)ccnc32)C1. The molecule has 20 nitrogen and oxygen atoms in total. The van der Waals surface area contributed by atoms with Crippen LogP contribution in [0.4, 0.5) is 5.69 Å². The van der Waals surface area contributed by atoms with Gasteiger partial charge in [-0.2, -0.15) is 0 Å². The van der Waals surface area contributed by atoms with E-state index in [9.17, 15) is 38.4 Å². The van der Waals surface area contributed by atoms with E-state index in [1.807, 2.05) is 6.07 Å². The van der Waals surface area contributed by atoms with Crippen LogP contribution in [-0.2, 0) is 45.4 Å². The molecule has 4 aliphatic heterocycles. The van der Waals surface area contributed by atoms with E-state index >= 15 is 0 Å². The first-order chi connectivity index (χ1) is 38.4. The number of hydrogen-bond donors (Lipinski definition) is 5. The predicted octanol–water partition coefficient (Wildman–Crippen LogP) is 5.55. The van der Waals surface area contributed by atoms with E-state index in [2.05, 4.69) is 69.1 Å². The van der Waals surface area contributed by atoms with Crippen molar-refractivity contribution in [2.24, 2.45) is 10.8 Å². The van der Waals surface area contributed by atoms with E-state index in [0.29, 0.717) is 76.8 Å². The lowest BCUT2D eigenvalue weighted by Gasteiger charge is -2.45. The van der Waals surface area contributed by atoms with Gasteiger partial charge in [0.25, 0.3) is 22.9 Å². The number of nitrogens with zero attached hydrogens (tertiary/aromatic N) is 7. The van der Waals surface area contributed by atoms with Crippen LogP contribution in [0.3, 0.4) is 0 Å². The van der Waals surface area contributed by atoms with Crippen LogP contribution in [0.5, 0.6) is 0 Å². The second-order valence-electron chi connectivity index (χ2n) is 22.5. The van der Waals surface area contributed by atoms with Crippen molar-refractivity contribution in [2.75, 3.05) is 57.3 Å². The number of rotatable bonds is 13. The Balaban J connectivity index is 0.000000187. The molecule has 2 unspecified atom stereocenters. The second-order valence-corrected chi connectivity index (χ2v) is 23.7. The smallest absolute Gasteiger partial charge is 0.265 e. The number of pyridine rings is 4. The molecule has 4 aromatic heterocycles. The van der Waals surface area contributed by atoms with Gasteiger partial charge < -0.3 is 41.3 Å². The minimum atomic E-state index is -0.589. The Morgan fingerprint density at radius 1 is 0.617 bits per heavy atom. The molecule has 2 atom stereocenters. The van der Waals surface area contributed by atoms with Gasteiger partial charge in [-0.1, -0.05) is 86.8 Å². The summed E-state index contributed by atoms with van der Waals surface area (Å²) in [6, 6.07) is 20.9. The van der Waals surface area contributed by atoms with Crippen molar-refractivity contribution >= 4 is 98.0 Å². The highest BCUT2D eigenvalue weighted by Gasteiger charge is 2.39. The molecule has 428 valence electrons. The van der Waals surface area contributed by atoms with Gasteiger partial charge in [-0.15, -0.1) is 0 Å². The third-order valence-electron chi connectivity index (χ3n) is 14.3. The van der Waals surface area contributed by atoms with Crippen molar-refractivity contribution in [1.29, 1.82) is 0 Å². The number of likely N-dealkylation sites (tertiary alicyclic amines) is 2. The summed E-state index contributed by atoms with van der Waals surface area (Å²) >= 11 is 18.2. The van der Waals surface area contributed by atoms with Crippen LogP contribution in [0.2, 0.25) is 15.1 Å². The molecule has 0 aliphatic carbocycles.